The Kier molecular flexibility index (Phi) is 4.49. The molecule has 0 amide bonds. The Hall–Kier alpha value is -1.39. The van der Waals surface area contributed by atoms with E-state index >= 15 is 0 Å². The van der Waals surface area contributed by atoms with Crippen molar-refractivity contribution in [3.63, 3.8) is 0 Å². The van der Waals surface area contributed by atoms with Crippen LogP contribution in [0, 0.1) is 34.5 Å². The SMILES string of the molecule is COC(=O)[C@@]1(C)CCC[C@@]2(C)[C@H]1C(=O)C[C@H]1[C@@H](C(C)C)OC(=O)C[C@@H]12. The van der Waals surface area contributed by atoms with Crippen LogP contribution < -0.4 is 0 Å². The molecular formula is C20H30O5. The number of methoxy groups -OCH3 is 1. The molecule has 1 saturated heterocycles. The van der Waals surface area contributed by atoms with Crippen molar-refractivity contribution in [2.75, 3.05) is 7.11 Å². The van der Waals surface area contributed by atoms with Crippen molar-refractivity contribution >= 4 is 17.7 Å². The molecular weight excluding hydrogens is 320 g/mol. The van der Waals surface area contributed by atoms with Gasteiger partial charge < -0.3 is 9.47 Å². The summed E-state index contributed by atoms with van der Waals surface area (Å²) in [5.41, 5.74) is -1.15. The number of Topliss-reactive ketones (excluding diaryl/α,β-unsaturated/α-hetero) is 1. The summed E-state index contributed by atoms with van der Waals surface area (Å²) in [6, 6.07) is 0. The van der Waals surface area contributed by atoms with Crippen LogP contribution in [-0.2, 0) is 23.9 Å². The number of esters is 2. The first-order valence-electron chi connectivity index (χ1n) is 9.45. The fourth-order valence-electron chi connectivity index (χ4n) is 6.24. The molecule has 6 atom stereocenters. The van der Waals surface area contributed by atoms with Crippen molar-refractivity contribution in [2.45, 2.75) is 65.9 Å². The molecule has 0 radical (unpaired) electrons. The van der Waals surface area contributed by atoms with Crippen LogP contribution in [-0.4, -0.2) is 30.9 Å². The van der Waals surface area contributed by atoms with Gasteiger partial charge in [-0.1, -0.05) is 27.2 Å². The van der Waals surface area contributed by atoms with Crippen molar-refractivity contribution in [2.24, 2.45) is 34.5 Å². The third kappa shape index (κ3) is 2.61. The van der Waals surface area contributed by atoms with Gasteiger partial charge in [-0.3, -0.25) is 14.4 Å². The lowest BCUT2D eigenvalue weighted by Gasteiger charge is -2.59. The molecule has 0 spiro atoms. The number of hydrogen-bond acceptors (Lipinski definition) is 5. The Morgan fingerprint density at radius 3 is 2.48 bits per heavy atom. The number of hydrogen-bond donors (Lipinski definition) is 0. The Morgan fingerprint density at radius 1 is 1.20 bits per heavy atom. The molecule has 0 bridgehead atoms. The molecule has 1 aliphatic heterocycles. The van der Waals surface area contributed by atoms with Gasteiger partial charge in [-0.15, -0.1) is 0 Å². The van der Waals surface area contributed by atoms with Crippen LogP contribution in [0.2, 0.25) is 0 Å². The number of ether oxygens (including phenoxy) is 2. The summed E-state index contributed by atoms with van der Waals surface area (Å²) in [6.45, 7) is 8.07. The van der Waals surface area contributed by atoms with E-state index in [-0.39, 0.29) is 52.9 Å². The van der Waals surface area contributed by atoms with Crippen LogP contribution in [0.5, 0.6) is 0 Å². The van der Waals surface area contributed by atoms with Gasteiger partial charge in [0.25, 0.3) is 0 Å². The van der Waals surface area contributed by atoms with Gasteiger partial charge in [-0.25, -0.2) is 0 Å². The summed E-state index contributed by atoms with van der Waals surface area (Å²) in [7, 11) is 1.39. The second kappa shape index (κ2) is 6.10. The van der Waals surface area contributed by atoms with Crippen LogP contribution in [0.3, 0.4) is 0 Å². The standard InChI is InChI=1S/C20H30O5/c1-11(2)16-12-9-14(21)17-19(3,13(12)10-15(22)25-16)7-6-8-20(17,4)18(23)24-5/h11-13,16-17H,6-10H2,1-5H3/t12-,13+,16-,17-,19-,20+/m1/s1. The number of rotatable bonds is 2. The molecule has 5 heteroatoms. The molecule has 0 aromatic rings. The maximum Gasteiger partial charge on any atom is 0.312 e. The fraction of sp³-hybridized carbons (Fsp3) is 0.850. The molecule has 5 nitrogen and oxygen atoms in total. The van der Waals surface area contributed by atoms with Crippen LogP contribution in [0.25, 0.3) is 0 Å². The van der Waals surface area contributed by atoms with Gasteiger partial charge in [0.05, 0.1) is 12.5 Å². The van der Waals surface area contributed by atoms with Gasteiger partial charge in [-0.05, 0) is 37.0 Å². The minimum Gasteiger partial charge on any atom is -0.469 e. The average Bonchev–Trinajstić information content (AvgIpc) is 2.54. The zero-order valence-corrected chi connectivity index (χ0v) is 16.0. The first kappa shape index (κ1) is 18.4. The average molecular weight is 350 g/mol. The minimum absolute atomic E-state index is 0.0615. The van der Waals surface area contributed by atoms with Crippen molar-refractivity contribution < 1.29 is 23.9 Å². The van der Waals surface area contributed by atoms with E-state index in [9.17, 15) is 14.4 Å². The first-order chi connectivity index (χ1) is 11.6. The maximum atomic E-state index is 13.2. The molecule has 0 N–H and O–H groups in total. The van der Waals surface area contributed by atoms with E-state index in [1.165, 1.54) is 7.11 Å². The van der Waals surface area contributed by atoms with E-state index in [4.69, 9.17) is 9.47 Å². The summed E-state index contributed by atoms with van der Waals surface area (Å²) in [6.07, 6.45) is 2.95. The van der Waals surface area contributed by atoms with Gasteiger partial charge in [0, 0.05) is 24.7 Å². The van der Waals surface area contributed by atoms with E-state index in [0.717, 1.165) is 12.8 Å². The molecule has 25 heavy (non-hydrogen) atoms. The predicted octanol–water partition coefficient (Wildman–Crippen LogP) is 3.15. The van der Waals surface area contributed by atoms with Gasteiger partial charge in [-0.2, -0.15) is 0 Å². The van der Waals surface area contributed by atoms with E-state index in [1.54, 1.807) is 0 Å². The van der Waals surface area contributed by atoms with Crippen molar-refractivity contribution in [3.05, 3.63) is 0 Å². The Labute approximate surface area is 149 Å². The first-order valence-corrected chi connectivity index (χ1v) is 9.45. The second-order valence-corrected chi connectivity index (χ2v) is 9.04. The Balaban J connectivity index is 2.05. The molecule has 0 aromatic carbocycles. The lowest BCUT2D eigenvalue weighted by Crippen LogP contribution is -2.62. The minimum atomic E-state index is -0.793. The predicted molar refractivity (Wildman–Crippen MR) is 91.5 cm³/mol. The molecule has 140 valence electrons. The monoisotopic (exact) mass is 350 g/mol. The van der Waals surface area contributed by atoms with Crippen molar-refractivity contribution in [3.8, 4) is 0 Å². The Morgan fingerprint density at radius 2 is 1.88 bits per heavy atom. The summed E-state index contributed by atoms with van der Waals surface area (Å²) in [4.78, 5) is 38.1. The summed E-state index contributed by atoms with van der Waals surface area (Å²) in [5, 5.41) is 0. The van der Waals surface area contributed by atoms with E-state index in [2.05, 4.69) is 6.92 Å². The van der Waals surface area contributed by atoms with Gasteiger partial charge in [0.1, 0.15) is 11.9 Å². The fourth-order valence-corrected chi connectivity index (χ4v) is 6.24. The zero-order valence-electron chi connectivity index (χ0n) is 16.0. The number of ketones is 1. The van der Waals surface area contributed by atoms with Gasteiger partial charge >= 0.3 is 11.9 Å². The summed E-state index contributed by atoms with van der Waals surface area (Å²) in [5.74, 6) is -0.366. The number of cyclic esters (lactones) is 1. The van der Waals surface area contributed by atoms with E-state index < -0.39 is 5.41 Å². The third-order valence-electron chi connectivity index (χ3n) is 7.22. The molecule has 2 saturated carbocycles. The largest absolute Gasteiger partial charge is 0.469 e. The third-order valence-corrected chi connectivity index (χ3v) is 7.22. The molecule has 3 fully saturated rings. The van der Waals surface area contributed by atoms with Crippen LogP contribution in [0.4, 0.5) is 0 Å². The molecule has 3 rings (SSSR count). The number of fused-ring (bicyclic) bond motifs is 3. The van der Waals surface area contributed by atoms with Crippen LogP contribution in [0.1, 0.15) is 59.8 Å². The maximum absolute atomic E-state index is 13.2. The quantitative estimate of drug-likeness (QED) is 0.716. The molecule has 0 unspecified atom stereocenters. The molecule has 1 heterocycles. The highest BCUT2D eigenvalue weighted by Gasteiger charge is 2.64. The molecule has 0 aromatic heterocycles. The highest BCUT2D eigenvalue weighted by atomic mass is 16.5. The second-order valence-electron chi connectivity index (χ2n) is 9.04. The number of carbonyl (C=O) groups is 3. The van der Waals surface area contributed by atoms with Crippen LogP contribution in [0.15, 0.2) is 0 Å². The van der Waals surface area contributed by atoms with Gasteiger partial charge in [0.15, 0.2) is 0 Å². The Bertz CT molecular complexity index is 597. The van der Waals surface area contributed by atoms with Gasteiger partial charge in [0.2, 0.25) is 0 Å². The van der Waals surface area contributed by atoms with Crippen molar-refractivity contribution in [1.29, 1.82) is 0 Å². The molecule has 2 aliphatic carbocycles. The zero-order chi connectivity index (χ0) is 18.6. The highest BCUT2D eigenvalue weighted by Crippen LogP contribution is 2.62. The van der Waals surface area contributed by atoms with Crippen molar-refractivity contribution in [1.82, 2.24) is 0 Å². The lowest BCUT2D eigenvalue weighted by molar-refractivity contribution is -0.200. The summed E-state index contributed by atoms with van der Waals surface area (Å²) < 4.78 is 10.7. The lowest BCUT2D eigenvalue weighted by atomic mass is 9.44. The normalized spacial score (nSPS) is 43.9. The number of carbonyl (C=O) groups excluding carboxylic acids is 3. The smallest absolute Gasteiger partial charge is 0.312 e. The summed E-state index contributed by atoms with van der Waals surface area (Å²) >= 11 is 0. The molecule has 3 aliphatic rings. The topological polar surface area (TPSA) is 69.7 Å². The van der Waals surface area contributed by atoms with E-state index in [1.807, 2.05) is 20.8 Å². The van der Waals surface area contributed by atoms with Crippen LogP contribution >= 0.6 is 0 Å². The van der Waals surface area contributed by atoms with E-state index in [0.29, 0.717) is 19.3 Å². The highest BCUT2D eigenvalue weighted by molar-refractivity contribution is 5.91.